The first-order valence-corrected chi connectivity index (χ1v) is 6.37. The van der Waals surface area contributed by atoms with E-state index in [1.807, 2.05) is 0 Å². The largest absolute Gasteiger partial charge is 0.455 e. The third-order valence-corrected chi connectivity index (χ3v) is 3.14. The van der Waals surface area contributed by atoms with Crippen LogP contribution in [-0.4, -0.2) is 0 Å². The normalized spacial score (nSPS) is 10.4. The summed E-state index contributed by atoms with van der Waals surface area (Å²) in [5.41, 5.74) is 0.287. The van der Waals surface area contributed by atoms with Gasteiger partial charge in [0.25, 0.3) is 0 Å². The van der Waals surface area contributed by atoms with Gasteiger partial charge in [0.15, 0.2) is 0 Å². The van der Waals surface area contributed by atoms with E-state index in [1.54, 1.807) is 30.3 Å². The number of ether oxygens (including phenoxy) is 1. The summed E-state index contributed by atoms with van der Waals surface area (Å²) in [5, 5.41) is 0.877. The Morgan fingerprint density at radius 2 is 1.83 bits per heavy atom. The maximum absolute atomic E-state index is 13.5. The minimum Gasteiger partial charge on any atom is -0.455 e. The molecule has 94 valence electrons. The van der Waals surface area contributed by atoms with Gasteiger partial charge in [-0.05, 0) is 24.3 Å². The van der Waals surface area contributed by atoms with Crippen molar-refractivity contribution >= 4 is 34.8 Å². The minimum absolute atomic E-state index is 0.0141. The lowest BCUT2D eigenvalue weighted by Crippen LogP contribution is -1.93. The van der Waals surface area contributed by atoms with Crippen molar-refractivity contribution < 1.29 is 9.13 Å². The maximum atomic E-state index is 13.5. The Labute approximate surface area is 119 Å². The van der Waals surface area contributed by atoms with Crippen LogP contribution in [0.15, 0.2) is 36.4 Å². The standard InChI is InChI=1S/C13H8Cl3FO/c14-7-9-11(17)2-1-3-12(9)18-13-6-8(15)4-5-10(13)16/h1-6H,7H2. The zero-order chi connectivity index (χ0) is 13.1. The molecule has 0 unspecified atom stereocenters. The highest BCUT2D eigenvalue weighted by Gasteiger charge is 2.11. The highest BCUT2D eigenvalue weighted by atomic mass is 35.5. The third-order valence-electron chi connectivity index (χ3n) is 2.32. The molecular weight excluding hydrogens is 297 g/mol. The van der Waals surface area contributed by atoms with Gasteiger partial charge < -0.3 is 4.74 Å². The molecule has 0 N–H and O–H groups in total. The highest BCUT2D eigenvalue weighted by Crippen LogP contribution is 2.34. The number of halogens is 4. The van der Waals surface area contributed by atoms with E-state index in [-0.39, 0.29) is 11.4 Å². The van der Waals surface area contributed by atoms with Gasteiger partial charge >= 0.3 is 0 Å². The van der Waals surface area contributed by atoms with E-state index in [4.69, 9.17) is 39.5 Å². The molecule has 5 heteroatoms. The number of hydrogen-bond donors (Lipinski definition) is 0. The van der Waals surface area contributed by atoms with Crippen LogP contribution in [0, 0.1) is 5.82 Å². The molecule has 0 bridgehead atoms. The van der Waals surface area contributed by atoms with Crippen molar-refractivity contribution in [1.29, 1.82) is 0 Å². The lowest BCUT2D eigenvalue weighted by atomic mass is 10.2. The Kier molecular flexibility index (Phi) is 4.33. The van der Waals surface area contributed by atoms with Crippen LogP contribution >= 0.6 is 34.8 Å². The van der Waals surface area contributed by atoms with Gasteiger partial charge in [0.05, 0.1) is 10.9 Å². The van der Waals surface area contributed by atoms with Crippen LogP contribution in [0.4, 0.5) is 4.39 Å². The minimum atomic E-state index is -0.416. The average Bonchev–Trinajstić information content (AvgIpc) is 2.34. The van der Waals surface area contributed by atoms with Gasteiger partial charge in [-0.25, -0.2) is 4.39 Å². The molecule has 0 heterocycles. The Bertz CT molecular complexity index is 572. The van der Waals surface area contributed by atoms with Gasteiger partial charge in [0.1, 0.15) is 17.3 Å². The van der Waals surface area contributed by atoms with E-state index in [0.29, 0.717) is 21.5 Å². The van der Waals surface area contributed by atoms with E-state index >= 15 is 0 Å². The van der Waals surface area contributed by atoms with E-state index in [9.17, 15) is 4.39 Å². The van der Waals surface area contributed by atoms with Crippen LogP contribution < -0.4 is 4.74 Å². The van der Waals surface area contributed by atoms with Gasteiger partial charge in [0.2, 0.25) is 0 Å². The number of benzene rings is 2. The highest BCUT2D eigenvalue weighted by molar-refractivity contribution is 6.34. The summed E-state index contributed by atoms with van der Waals surface area (Å²) in [5.74, 6) is 0.288. The molecule has 2 aromatic rings. The second-order valence-corrected chi connectivity index (χ2v) is 4.64. The molecule has 0 aliphatic rings. The lowest BCUT2D eigenvalue weighted by Gasteiger charge is -2.11. The van der Waals surface area contributed by atoms with E-state index in [1.165, 1.54) is 6.07 Å². The monoisotopic (exact) mass is 304 g/mol. The summed E-state index contributed by atoms with van der Waals surface area (Å²) in [4.78, 5) is 0. The zero-order valence-corrected chi connectivity index (χ0v) is 11.4. The predicted molar refractivity (Wildman–Crippen MR) is 72.5 cm³/mol. The average molecular weight is 306 g/mol. The van der Waals surface area contributed by atoms with Crippen LogP contribution in [0.3, 0.4) is 0 Å². The van der Waals surface area contributed by atoms with Gasteiger partial charge in [-0.2, -0.15) is 0 Å². The van der Waals surface area contributed by atoms with Crippen molar-refractivity contribution in [1.82, 2.24) is 0 Å². The van der Waals surface area contributed by atoms with Crippen molar-refractivity contribution in [3.63, 3.8) is 0 Å². The molecule has 0 aliphatic heterocycles. The summed E-state index contributed by atoms with van der Waals surface area (Å²) >= 11 is 17.5. The predicted octanol–water partition coefficient (Wildman–Crippen LogP) is 5.66. The molecule has 0 saturated carbocycles. The first kappa shape index (κ1) is 13.5. The maximum Gasteiger partial charge on any atom is 0.147 e. The van der Waals surface area contributed by atoms with Crippen molar-refractivity contribution in [2.75, 3.05) is 0 Å². The van der Waals surface area contributed by atoms with E-state index < -0.39 is 5.82 Å². The molecule has 1 nitrogen and oxygen atoms in total. The van der Waals surface area contributed by atoms with E-state index in [2.05, 4.69) is 0 Å². The number of hydrogen-bond acceptors (Lipinski definition) is 1. The molecule has 2 rings (SSSR count). The Balaban J connectivity index is 2.40. The molecule has 18 heavy (non-hydrogen) atoms. The lowest BCUT2D eigenvalue weighted by molar-refractivity contribution is 0.470. The molecular formula is C13H8Cl3FO. The van der Waals surface area contributed by atoms with E-state index in [0.717, 1.165) is 0 Å². The molecule has 0 aromatic heterocycles. The molecule has 0 aliphatic carbocycles. The Morgan fingerprint density at radius 3 is 2.56 bits per heavy atom. The first-order valence-electron chi connectivity index (χ1n) is 5.08. The van der Waals surface area contributed by atoms with Crippen LogP contribution in [-0.2, 0) is 5.88 Å². The van der Waals surface area contributed by atoms with Crippen molar-refractivity contribution in [3.8, 4) is 11.5 Å². The Hall–Kier alpha value is -0.960. The Morgan fingerprint density at radius 1 is 1.06 bits per heavy atom. The smallest absolute Gasteiger partial charge is 0.147 e. The van der Waals surface area contributed by atoms with Crippen molar-refractivity contribution in [3.05, 3.63) is 57.8 Å². The molecule has 0 fully saturated rings. The van der Waals surface area contributed by atoms with Gasteiger partial charge in [-0.1, -0.05) is 29.3 Å². The molecule has 0 amide bonds. The summed E-state index contributed by atoms with van der Waals surface area (Å²) in [6.07, 6.45) is 0. The summed E-state index contributed by atoms with van der Waals surface area (Å²) in [6, 6.07) is 9.30. The molecule has 0 atom stereocenters. The SMILES string of the molecule is Fc1cccc(Oc2cc(Cl)ccc2Cl)c1CCl. The fourth-order valence-electron chi connectivity index (χ4n) is 1.44. The molecule has 0 spiro atoms. The first-order chi connectivity index (χ1) is 8.61. The van der Waals surface area contributed by atoms with Crippen LogP contribution in [0.5, 0.6) is 11.5 Å². The van der Waals surface area contributed by atoms with Gasteiger partial charge in [0, 0.05) is 16.7 Å². The van der Waals surface area contributed by atoms with Gasteiger partial charge in [-0.15, -0.1) is 11.6 Å². The summed E-state index contributed by atoms with van der Waals surface area (Å²) in [7, 11) is 0. The van der Waals surface area contributed by atoms with Crippen molar-refractivity contribution in [2.24, 2.45) is 0 Å². The second-order valence-electron chi connectivity index (χ2n) is 3.53. The topological polar surface area (TPSA) is 9.23 Å². The second kappa shape index (κ2) is 5.79. The number of rotatable bonds is 3. The summed E-state index contributed by atoms with van der Waals surface area (Å²) < 4.78 is 19.1. The van der Waals surface area contributed by atoms with Crippen LogP contribution in [0.1, 0.15) is 5.56 Å². The van der Waals surface area contributed by atoms with Crippen molar-refractivity contribution in [2.45, 2.75) is 5.88 Å². The fourth-order valence-corrected chi connectivity index (χ4v) is 2.02. The molecule has 2 aromatic carbocycles. The molecule has 0 radical (unpaired) electrons. The molecule has 0 saturated heterocycles. The fraction of sp³-hybridized carbons (Fsp3) is 0.0769. The van der Waals surface area contributed by atoms with Gasteiger partial charge in [-0.3, -0.25) is 0 Å². The number of alkyl halides is 1. The zero-order valence-electron chi connectivity index (χ0n) is 9.09. The third kappa shape index (κ3) is 2.89. The summed E-state index contributed by atoms with van der Waals surface area (Å²) in [6.45, 7) is 0. The van der Waals surface area contributed by atoms with Crippen LogP contribution in [0.2, 0.25) is 10.0 Å². The van der Waals surface area contributed by atoms with Crippen LogP contribution in [0.25, 0.3) is 0 Å². The quantitative estimate of drug-likeness (QED) is 0.664.